The number of aromatic amines is 1. The summed E-state index contributed by atoms with van der Waals surface area (Å²) in [6.45, 7) is 3.59. The molecule has 0 radical (unpaired) electrons. The molecule has 4 N–H and O–H groups in total. The predicted molar refractivity (Wildman–Crippen MR) is 102 cm³/mol. The van der Waals surface area contributed by atoms with Gasteiger partial charge in [-0.1, -0.05) is 29.8 Å². The van der Waals surface area contributed by atoms with E-state index in [1.807, 2.05) is 36.4 Å². The molecular weight excluding hydrogens is 350 g/mol. The number of H-pyrrole nitrogens is 1. The zero-order valence-corrected chi connectivity index (χ0v) is 15.3. The molecule has 3 aromatic rings. The number of carbonyl (C=O) groups is 1. The van der Waals surface area contributed by atoms with Crippen molar-refractivity contribution in [2.75, 3.05) is 0 Å². The van der Waals surface area contributed by atoms with Gasteiger partial charge in [0.25, 0.3) is 0 Å². The van der Waals surface area contributed by atoms with Gasteiger partial charge in [-0.05, 0) is 37.6 Å². The standard InChI is InChI=1S/C19H20ClN5O/c1-19(2,21)18(26)23-11-15-16(12-7-9-22-10-8-12)17(25-24-15)13-5-3-4-6-14(13)20/h3-10H,11,21H2,1-2H3,(H,23,26)(H,24,25). The maximum atomic E-state index is 12.1. The Balaban J connectivity index is 2.04. The minimum Gasteiger partial charge on any atom is -0.349 e. The number of hydrogen-bond donors (Lipinski definition) is 3. The van der Waals surface area contributed by atoms with E-state index in [0.29, 0.717) is 5.02 Å². The van der Waals surface area contributed by atoms with Gasteiger partial charge in [0.05, 0.1) is 22.8 Å². The number of amides is 1. The molecule has 0 aliphatic heterocycles. The fraction of sp³-hybridized carbons (Fsp3) is 0.211. The summed E-state index contributed by atoms with van der Waals surface area (Å²) in [4.78, 5) is 16.2. The number of nitrogens with two attached hydrogens (primary N) is 1. The summed E-state index contributed by atoms with van der Waals surface area (Å²) in [6.07, 6.45) is 3.42. The van der Waals surface area contributed by atoms with Crippen LogP contribution in [0.15, 0.2) is 48.8 Å². The second-order valence-corrected chi connectivity index (χ2v) is 6.95. The minimum atomic E-state index is -0.956. The minimum absolute atomic E-state index is 0.243. The smallest absolute Gasteiger partial charge is 0.239 e. The van der Waals surface area contributed by atoms with Crippen LogP contribution in [0.25, 0.3) is 22.4 Å². The molecule has 0 spiro atoms. The Morgan fingerprint density at radius 1 is 1.23 bits per heavy atom. The molecule has 0 bridgehead atoms. The maximum Gasteiger partial charge on any atom is 0.239 e. The van der Waals surface area contributed by atoms with Gasteiger partial charge in [0.2, 0.25) is 5.91 Å². The Hall–Kier alpha value is -2.70. The summed E-state index contributed by atoms with van der Waals surface area (Å²) in [5.41, 5.74) is 8.99. The molecule has 1 amide bonds. The summed E-state index contributed by atoms with van der Waals surface area (Å²) in [6, 6.07) is 11.3. The van der Waals surface area contributed by atoms with Gasteiger partial charge in [0.15, 0.2) is 0 Å². The van der Waals surface area contributed by atoms with Crippen molar-refractivity contribution in [3.8, 4) is 22.4 Å². The summed E-state index contributed by atoms with van der Waals surface area (Å²) in [5.74, 6) is -0.243. The number of nitrogens with one attached hydrogen (secondary N) is 2. The van der Waals surface area contributed by atoms with Crippen molar-refractivity contribution < 1.29 is 4.79 Å². The van der Waals surface area contributed by atoms with Crippen LogP contribution < -0.4 is 11.1 Å². The highest BCUT2D eigenvalue weighted by atomic mass is 35.5. The maximum absolute atomic E-state index is 12.1. The van der Waals surface area contributed by atoms with Gasteiger partial charge in [0.1, 0.15) is 5.69 Å². The van der Waals surface area contributed by atoms with E-state index in [0.717, 1.165) is 28.1 Å². The van der Waals surface area contributed by atoms with Crippen molar-refractivity contribution in [1.82, 2.24) is 20.5 Å². The molecule has 0 saturated heterocycles. The average molecular weight is 370 g/mol. The Labute approximate surface area is 156 Å². The first-order chi connectivity index (χ1) is 12.4. The number of pyridine rings is 1. The number of benzene rings is 1. The molecule has 1 aromatic carbocycles. The molecule has 3 rings (SSSR count). The Morgan fingerprint density at radius 3 is 2.58 bits per heavy atom. The van der Waals surface area contributed by atoms with Crippen LogP contribution in [0.5, 0.6) is 0 Å². The fourth-order valence-electron chi connectivity index (χ4n) is 2.58. The summed E-state index contributed by atoms with van der Waals surface area (Å²) < 4.78 is 0. The van der Waals surface area contributed by atoms with Crippen LogP contribution >= 0.6 is 11.6 Å². The zero-order valence-electron chi connectivity index (χ0n) is 14.6. The van der Waals surface area contributed by atoms with E-state index in [-0.39, 0.29) is 12.5 Å². The molecule has 6 nitrogen and oxygen atoms in total. The molecule has 0 aliphatic rings. The van der Waals surface area contributed by atoms with Crippen molar-refractivity contribution >= 4 is 17.5 Å². The van der Waals surface area contributed by atoms with Crippen LogP contribution in [-0.4, -0.2) is 26.6 Å². The second kappa shape index (κ2) is 7.27. The van der Waals surface area contributed by atoms with E-state index in [2.05, 4.69) is 20.5 Å². The monoisotopic (exact) mass is 369 g/mol. The van der Waals surface area contributed by atoms with Crippen LogP contribution in [0.1, 0.15) is 19.5 Å². The van der Waals surface area contributed by atoms with E-state index in [9.17, 15) is 4.79 Å². The SMILES string of the molecule is CC(C)(N)C(=O)NCc1[nH]nc(-c2ccccc2Cl)c1-c1ccncc1. The van der Waals surface area contributed by atoms with Gasteiger partial charge < -0.3 is 11.1 Å². The molecule has 0 saturated carbocycles. The third-order valence-electron chi connectivity index (χ3n) is 3.95. The predicted octanol–water partition coefficient (Wildman–Crippen LogP) is 3.15. The number of nitrogens with zero attached hydrogens (tertiary/aromatic N) is 2. The van der Waals surface area contributed by atoms with Crippen molar-refractivity contribution in [2.45, 2.75) is 25.9 Å². The van der Waals surface area contributed by atoms with Crippen LogP contribution in [0.2, 0.25) is 5.02 Å². The molecule has 0 fully saturated rings. The number of carbonyl (C=O) groups excluding carboxylic acids is 1. The number of hydrogen-bond acceptors (Lipinski definition) is 4. The van der Waals surface area contributed by atoms with Gasteiger partial charge in [0, 0.05) is 23.5 Å². The molecule has 0 aliphatic carbocycles. The van der Waals surface area contributed by atoms with Gasteiger partial charge >= 0.3 is 0 Å². The third-order valence-corrected chi connectivity index (χ3v) is 4.28. The van der Waals surface area contributed by atoms with Gasteiger partial charge in [-0.3, -0.25) is 14.9 Å². The molecular formula is C19H20ClN5O. The molecule has 0 atom stereocenters. The molecule has 2 aromatic heterocycles. The summed E-state index contributed by atoms with van der Waals surface area (Å²) in [7, 11) is 0. The third kappa shape index (κ3) is 3.76. The highest BCUT2D eigenvalue weighted by molar-refractivity contribution is 6.33. The first-order valence-electron chi connectivity index (χ1n) is 8.17. The van der Waals surface area contributed by atoms with Gasteiger partial charge in [-0.2, -0.15) is 5.10 Å². The average Bonchev–Trinajstić information content (AvgIpc) is 3.03. The van der Waals surface area contributed by atoms with Crippen molar-refractivity contribution in [3.63, 3.8) is 0 Å². The van der Waals surface area contributed by atoms with E-state index in [1.54, 1.807) is 26.2 Å². The number of halogens is 1. The summed E-state index contributed by atoms with van der Waals surface area (Å²) >= 11 is 6.36. The van der Waals surface area contributed by atoms with Crippen LogP contribution in [0, 0.1) is 0 Å². The van der Waals surface area contributed by atoms with Crippen LogP contribution in [0.4, 0.5) is 0 Å². The van der Waals surface area contributed by atoms with Crippen molar-refractivity contribution in [3.05, 3.63) is 59.5 Å². The zero-order chi connectivity index (χ0) is 18.7. The number of rotatable bonds is 5. The Bertz CT molecular complexity index is 915. The van der Waals surface area contributed by atoms with Crippen molar-refractivity contribution in [1.29, 1.82) is 0 Å². The van der Waals surface area contributed by atoms with Crippen molar-refractivity contribution in [2.24, 2.45) is 5.73 Å². The number of aromatic nitrogens is 3. The second-order valence-electron chi connectivity index (χ2n) is 6.55. The van der Waals surface area contributed by atoms with E-state index in [1.165, 1.54) is 0 Å². The van der Waals surface area contributed by atoms with E-state index < -0.39 is 5.54 Å². The van der Waals surface area contributed by atoms with Gasteiger partial charge in [-0.25, -0.2) is 0 Å². The van der Waals surface area contributed by atoms with Crippen LogP contribution in [-0.2, 0) is 11.3 Å². The highest BCUT2D eigenvalue weighted by Gasteiger charge is 2.23. The lowest BCUT2D eigenvalue weighted by Crippen LogP contribution is -2.48. The Morgan fingerprint density at radius 2 is 1.92 bits per heavy atom. The summed E-state index contributed by atoms with van der Waals surface area (Å²) in [5, 5.41) is 10.9. The van der Waals surface area contributed by atoms with E-state index in [4.69, 9.17) is 17.3 Å². The fourth-order valence-corrected chi connectivity index (χ4v) is 2.81. The molecule has 134 valence electrons. The molecule has 0 unspecified atom stereocenters. The van der Waals surface area contributed by atoms with Gasteiger partial charge in [-0.15, -0.1) is 0 Å². The Kier molecular flexibility index (Phi) is 5.06. The highest BCUT2D eigenvalue weighted by Crippen LogP contribution is 2.36. The lowest BCUT2D eigenvalue weighted by Gasteiger charge is -2.17. The lowest BCUT2D eigenvalue weighted by molar-refractivity contribution is -0.125. The molecule has 7 heteroatoms. The first kappa shape index (κ1) is 18.1. The topological polar surface area (TPSA) is 96.7 Å². The van der Waals surface area contributed by atoms with E-state index >= 15 is 0 Å². The lowest BCUT2D eigenvalue weighted by atomic mass is 9.99. The largest absolute Gasteiger partial charge is 0.349 e. The van der Waals surface area contributed by atoms with Crippen LogP contribution in [0.3, 0.4) is 0 Å². The first-order valence-corrected chi connectivity index (χ1v) is 8.55. The molecule has 2 heterocycles. The quantitative estimate of drug-likeness (QED) is 0.643. The normalized spacial score (nSPS) is 11.4. The molecule has 26 heavy (non-hydrogen) atoms.